The SMILES string of the molecule is CN(CCc1ccccn1)CC1CC(c2ccc(CO)cc2)OC(c2cccc(NC(=O)CCCC(=O)Nc3ccccc3N)c2)O1. The van der Waals surface area contributed by atoms with Gasteiger partial charge in [-0.15, -0.1) is 0 Å². The molecule has 0 radical (unpaired) electrons. The number of para-hydroxylation sites is 2. The lowest BCUT2D eigenvalue weighted by Crippen LogP contribution is -2.38. The molecule has 10 heteroatoms. The minimum atomic E-state index is -0.647. The Hall–Kier alpha value is -4.61. The zero-order valence-corrected chi connectivity index (χ0v) is 26.7. The second-order valence-corrected chi connectivity index (χ2v) is 11.8. The van der Waals surface area contributed by atoms with Crippen molar-refractivity contribution in [2.75, 3.05) is 36.5 Å². The number of nitrogens with one attached hydrogen (secondary N) is 2. The lowest BCUT2D eigenvalue weighted by Gasteiger charge is -2.38. The van der Waals surface area contributed by atoms with Gasteiger partial charge in [-0.3, -0.25) is 14.6 Å². The molecule has 1 aliphatic rings. The van der Waals surface area contributed by atoms with E-state index in [1.165, 1.54) is 0 Å². The predicted molar refractivity (Wildman–Crippen MR) is 182 cm³/mol. The molecule has 3 aromatic carbocycles. The highest BCUT2D eigenvalue weighted by Gasteiger charge is 2.33. The van der Waals surface area contributed by atoms with E-state index >= 15 is 0 Å². The van der Waals surface area contributed by atoms with Gasteiger partial charge in [-0.2, -0.15) is 0 Å². The van der Waals surface area contributed by atoms with E-state index in [2.05, 4.69) is 27.6 Å². The van der Waals surface area contributed by atoms with Gasteiger partial charge in [0.25, 0.3) is 0 Å². The summed E-state index contributed by atoms with van der Waals surface area (Å²) in [6.07, 6.45) is 3.13. The van der Waals surface area contributed by atoms with E-state index in [4.69, 9.17) is 15.2 Å². The van der Waals surface area contributed by atoms with Crippen LogP contribution < -0.4 is 16.4 Å². The number of aliphatic hydroxyl groups is 1. The number of pyridine rings is 1. The molecule has 0 saturated carbocycles. The van der Waals surface area contributed by atoms with Gasteiger partial charge in [0.15, 0.2) is 6.29 Å². The van der Waals surface area contributed by atoms with Crippen LogP contribution in [-0.2, 0) is 32.1 Å². The van der Waals surface area contributed by atoms with Crippen molar-refractivity contribution < 1.29 is 24.2 Å². The molecule has 1 fully saturated rings. The molecule has 1 saturated heterocycles. The van der Waals surface area contributed by atoms with Crippen molar-refractivity contribution in [3.63, 3.8) is 0 Å². The van der Waals surface area contributed by atoms with Crippen LogP contribution in [0, 0.1) is 0 Å². The lowest BCUT2D eigenvalue weighted by molar-refractivity contribution is -0.252. The second-order valence-electron chi connectivity index (χ2n) is 11.8. The maximum Gasteiger partial charge on any atom is 0.224 e. The van der Waals surface area contributed by atoms with Crippen LogP contribution in [0.5, 0.6) is 0 Å². The Bertz CT molecular complexity index is 1600. The summed E-state index contributed by atoms with van der Waals surface area (Å²) in [6.45, 7) is 1.52. The lowest BCUT2D eigenvalue weighted by atomic mass is 9.99. The highest BCUT2D eigenvalue weighted by Crippen LogP contribution is 2.38. The van der Waals surface area contributed by atoms with Gasteiger partial charge in [0, 0.05) is 61.9 Å². The van der Waals surface area contributed by atoms with Crippen molar-refractivity contribution in [3.05, 3.63) is 120 Å². The molecule has 3 atom stereocenters. The molecule has 5 N–H and O–H groups in total. The van der Waals surface area contributed by atoms with Gasteiger partial charge in [-0.25, -0.2) is 0 Å². The van der Waals surface area contributed by atoms with Crippen molar-refractivity contribution in [2.24, 2.45) is 0 Å². The van der Waals surface area contributed by atoms with E-state index in [0.717, 1.165) is 35.3 Å². The number of nitrogens with two attached hydrogens (primary N) is 1. The molecule has 3 unspecified atom stereocenters. The smallest absolute Gasteiger partial charge is 0.224 e. The van der Waals surface area contributed by atoms with Gasteiger partial charge in [0.2, 0.25) is 11.8 Å². The molecule has 0 aliphatic carbocycles. The number of carbonyl (C=O) groups is 2. The normalized spacial score (nSPS) is 17.7. The molecule has 5 rings (SSSR count). The number of carbonyl (C=O) groups excluding carboxylic acids is 2. The summed E-state index contributed by atoms with van der Waals surface area (Å²) in [5, 5.41) is 15.2. The van der Waals surface area contributed by atoms with Gasteiger partial charge in [0.05, 0.1) is 30.2 Å². The highest BCUT2D eigenvalue weighted by molar-refractivity contribution is 5.94. The van der Waals surface area contributed by atoms with E-state index in [0.29, 0.717) is 36.4 Å². The summed E-state index contributed by atoms with van der Waals surface area (Å²) >= 11 is 0. The first-order valence-electron chi connectivity index (χ1n) is 16.0. The molecule has 1 aliphatic heterocycles. The summed E-state index contributed by atoms with van der Waals surface area (Å²) in [5.41, 5.74) is 11.3. The third kappa shape index (κ3) is 10.2. The van der Waals surface area contributed by atoms with E-state index < -0.39 is 6.29 Å². The number of anilines is 3. The van der Waals surface area contributed by atoms with Crippen molar-refractivity contribution >= 4 is 28.9 Å². The number of ether oxygens (including phenoxy) is 2. The zero-order chi connectivity index (χ0) is 33.0. The zero-order valence-electron chi connectivity index (χ0n) is 26.7. The minimum Gasteiger partial charge on any atom is -0.397 e. The fourth-order valence-corrected chi connectivity index (χ4v) is 5.54. The molecule has 2 amide bonds. The molecule has 10 nitrogen and oxygen atoms in total. The fraction of sp³-hybridized carbons (Fsp3) is 0.324. The van der Waals surface area contributed by atoms with Crippen LogP contribution in [0.25, 0.3) is 0 Å². The summed E-state index contributed by atoms with van der Waals surface area (Å²) in [5.74, 6) is -0.379. The van der Waals surface area contributed by atoms with Crippen LogP contribution in [0.3, 0.4) is 0 Å². The van der Waals surface area contributed by atoms with E-state index in [9.17, 15) is 14.7 Å². The Morgan fingerprint density at radius 3 is 2.43 bits per heavy atom. The first kappa shape index (κ1) is 33.7. The maximum absolute atomic E-state index is 12.8. The Kier molecular flexibility index (Phi) is 12.1. The molecular weight excluding hydrogens is 594 g/mol. The predicted octanol–water partition coefficient (Wildman–Crippen LogP) is 5.62. The minimum absolute atomic E-state index is 0.0181. The third-order valence-electron chi connectivity index (χ3n) is 8.09. The van der Waals surface area contributed by atoms with Gasteiger partial charge in [0.1, 0.15) is 0 Å². The van der Waals surface area contributed by atoms with Crippen LogP contribution in [0.15, 0.2) is 97.2 Å². The topological polar surface area (TPSA) is 139 Å². The van der Waals surface area contributed by atoms with Crippen molar-refractivity contribution in [3.8, 4) is 0 Å². The molecule has 0 bridgehead atoms. The van der Waals surface area contributed by atoms with Crippen LogP contribution in [-0.4, -0.2) is 53.0 Å². The van der Waals surface area contributed by atoms with Gasteiger partial charge < -0.3 is 35.8 Å². The number of likely N-dealkylation sites (N-methyl/N-ethyl adjacent to an activating group) is 1. The van der Waals surface area contributed by atoms with Crippen LogP contribution in [0.2, 0.25) is 0 Å². The Morgan fingerprint density at radius 2 is 1.68 bits per heavy atom. The Morgan fingerprint density at radius 1 is 0.915 bits per heavy atom. The standard InChI is InChI=1S/C37H43N5O5/c1-42(21-19-29-9-4-5-20-39-29)24-31-23-34(27-17-15-26(25-43)16-18-27)47-37(46-31)28-8-6-10-30(22-28)40-35(44)13-7-14-36(45)41-33-12-3-2-11-32(33)38/h2-6,8-12,15-18,20,22,31,34,37,43H,7,13-14,19,21,23-25,38H2,1H3,(H,40,44)(H,41,45). The largest absolute Gasteiger partial charge is 0.397 e. The molecule has 246 valence electrons. The molecule has 1 aromatic heterocycles. The number of hydrogen-bond donors (Lipinski definition) is 4. The molecule has 47 heavy (non-hydrogen) atoms. The number of rotatable bonds is 14. The summed E-state index contributed by atoms with van der Waals surface area (Å²) < 4.78 is 13.0. The Balaban J connectivity index is 1.19. The van der Waals surface area contributed by atoms with Gasteiger partial charge in [-0.1, -0.05) is 54.6 Å². The third-order valence-corrected chi connectivity index (χ3v) is 8.09. The number of aliphatic hydroxyl groups excluding tert-OH is 1. The molecule has 0 spiro atoms. The average molecular weight is 638 g/mol. The van der Waals surface area contributed by atoms with Gasteiger partial charge >= 0.3 is 0 Å². The number of amides is 2. The number of nitrogen functional groups attached to an aromatic ring is 1. The molecular formula is C37H43N5O5. The fourth-order valence-electron chi connectivity index (χ4n) is 5.54. The Labute approximate surface area is 275 Å². The van der Waals surface area contributed by atoms with Crippen LogP contribution in [0.1, 0.15) is 60.5 Å². The number of aromatic nitrogens is 1. The maximum atomic E-state index is 12.8. The van der Waals surface area contributed by atoms with Crippen molar-refractivity contribution in [1.29, 1.82) is 0 Å². The monoisotopic (exact) mass is 637 g/mol. The number of benzene rings is 3. The quantitative estimate of drug-likeness (QED) is 0.131. The van der Waals surface area contributed by atoms with Crippen molar-refractivity contribution in [2.45, 2.75) is 57.2 Å². The molecule has 2 heterocycles. The second kappa shape index (κ2) is 16.8. The van der Waals surface area contributed by atoms with Gasteiger partial charge in [-0.05, 0) is 61.0 Å². The highest BCUT2D eigenvalue weighted by atomic mass is 16.7. The van der Waals surface area contributed by atoms with Crippen LogP contribution in [0.4, 0.5) is 17.1 Å². The van der Waals surface area contributed by atoms with E-state index in [1.807, 2.05) is 72.9 Å². The summed E-state index contributed by atoms with van der Waals surface area (Å²) in [7, 11) is 2.08. The van der Waals surface area contributed by atoms with E-state index in [1.54, 1.807) is 24.3 Å². The number of hydrogen-bond acceptors (Lipinski definition) is 8. The average Bonchev–Trinajstić information content (AvgIpc) is 3.09. The summed E-state index contributed by atoms with van der Waals surface area (Å²) in [4.78, 5) is 31.8. The first-order chi connectivity index (χ1) is 22.9. The molecule has 4 aromatic rings. The number of nitrogens with zero attached hydrogens (tertiary/aromatic N) is 2. The first-order valence-corrected chi connectivity index (χ1v) is 16.0. The van der Waals surface area contributed by atoms with E-state index in [-0.39, 0.29) is 43.5 Å². The van der Waals surface area contributed by atoms with Crippen molar-refractivity contribution in [1.82, 2.24) is 9.88 Å². The van der Waals surface area contributed by atoms with Crippen LogP contribution >= 0.6 is 0 Å². The summed E-state index contributed by atoms with van der Waals surface area (Å²) in [6, 6.07) is 28.3.